The molecule has 4 N–H and O–H groups in total. The highest BCUT2D eigenvalue weighted by Gasteiger charge is 2.26. The fraction of sp³-hybridized carbons (Fsp3) is 0.900. The minimum Gasteiger partial charge on any atom is -0.481 e. The van der Waals surface area contributed by atoms with E-state index in [1.165, 1.54) is 0 Å². The lowest BCUT2D eigenvalue weighted by Crippen LogP contribution is -2.38. The molecule has 6 heteroatoms. The quantitative estimate of drug-likeness (QED) is 0.573. The summed E-state index contributed by atoms with van der Waals surface area (Å²) in [7, 11) is 0. The maximum atomic E-state index is 10.7. The second-order valence-corrected chi connectivity index (χ2v) is 8.42. The molecule has 2 aliphatic rings. The van der Waals surface area contributed by atoms with Gasteiger partial charge in [-0.2, -0.15) is 0 Å². The summed E-state index contributed by atoms with van der Waals surface area (Å²) in [6.07, 6.45) is 7.37. The van der Waals surface area contributed by atoms with Gasteiger partial charge < -0.3 is 20.8 Å². The smallest absolute Gasteiger partial charge is 0.306 e. The first kappa shape index (κ1) is 22.9. The molecule has 0 heterocycles. The van der Waals surface area contributed by atoms with Gasteiger partial charge in [-0.15, -0.1) is 0 Å². The molecule has 0 bridgehead atoms. The Bertz CT molecular complexity index is 384. The summed E-state index contributed by atoms with van der Waals surface area (Å²) >= 11 is 0. The van der Waals surface area contributed by atoms with Gasteiger partial charge in [0.1, 0.15) is 0 Å². The maximum Gasteiger partial charge on any atom is 0.306 e. The van der Waals surface area contributed by atoms with Crippen molar-refractivity contribution in [2.24, 2.45) is 11.8 Å². The first-order chi connectivity index (χ1) is 12.2. The number of carbonyl (C=O) groups is 2. The fourth-order valence-corrected chi connectivity index (χ4v) is 3.96. The van der Waals surface area contributed by atoms with Crippen LogP contribution >= 0.6 is 0 Å². The first-order valence-electron chi connectivity index (χ1n) is 10.2. The van der Waals surface area contributed by atoms with Crippen molar-refractivity contribution in [3.8, 4) is 0 Å². The average molecular weight is 371 g/mol. The standard InChI is InChI=1S/2C10H19NO2/c2*1-7(2)11-9-5-3-8(4-6-9)10(12)13/h2*7-9,11H,3-6H2,1-2H3,(H,12,13). The summed E-state index contributed by atoms with van der Waals surface area (Å²) in [6, 6.07) is 2.09. The number of carboxylic acid groups (broad SMARTS) is 2. The second kappa shape index (κ2) is 11.5. The predicted octanol–water partition coefficient (Wildman–Crippen LogP) is 3.26. The molecule has 0 aliphatic heterocycles. The van der Waals surface area contributed by atoms with Crippen molar-refractivity contribution in [3.05, 3.63) is 0 Å². The van der Waals surface area contributed by atoms with Crippen LogP contribution in [-0.2, 0) is 9.59 Å². The Balaban J connectivity index is 0.000000260. The van der Waals surface area contributed by atoms with E-state index < -0.39 is 11.9 Å². The molecule has 2 aliphatic carbocycles. The van der Waals surface area contributed by atoms with E-state index in [0.717, 1.165) is 51.4 Å². The molecule has 2 rings (SSSR count). The van der Waals surface area contributed by atoms with Crippen molar-refractivity contribution in [3.63, 3.8) is 0 Å². The Morgan fingerprint density at radius 1 is 0.654 bits per heavy atom. The topological polar surface area (TPSA) is 98.7 Å². The van der Waals surface area contributed by atoms with Crippen molar-refractivity contribution in [1.29, 1.82) is 0 Å². The van der Waals surface area contributed by atoms with E-state index in [0.29, 0.717) is 24.2 Å². The molecule has 0 aromatic rings. The Hall–Kier alpha value is -1.14. The number of aliphatic carboxylic acids is 2. The van der Waals surface area contributed by atoms with Gasteiger partial charge in [0.05, 0.1) is 11.8 Å². The van der Waals surface area contributed by atoms with Crippen molar-refractivity contribution in [2.45, 2.75) is 103 Å². The van der Waals surface area contributed by atoms with Gasteiger partial charge >= 0.3 is 11.9 Å². The summed E-state index contributed by atoms with van der Waals surface area (Å²) in [4.78, 5) is 21.3. The normalized spacial score (nSPS) is 29.2. The number of hydrogen-bond acceptors (Lipinski definition) is 4. The molecule has 0 amide bonds. The van der Waals surface area contributed by atoms with Crippen LogP contribution in [0.4, 0.5) is 0 Å². The first-order valence-corrected chi connectivity index (χ1v) is 10.2. The van der Waals surface area contributed by atoms with Gasteiger partial charge in [0.2, 0.25) is 0 Å². The lowest BCUT2D eigenvalue weighted by Gasteiger charge is -2.28. The molecular weight excluding hydrogens is 332 g/mol. The largest absolute Gasteiger partial charge is 0.481 e. The van der Waals surface area contributed by atoms with Gasteiger partial charge in [0.15, 0.2) is 0 Å². The number of hydrogen-bond donors (Lipinski definition) is 4. The monoisotopic (exact) mass is 370 g/mol. The van der Waals surface area contributed by atoms with E-state index in [2.05, 4.69) is 38.3 Å². The van der Waals surface area contributed by atoms with Gasteiger partial charge in [-0.3, -0.25) is 9.59 Å². The zero-order chi connectivity index (χ0) is 19.7. The Morgan fingerprint density at radius 3 is 1.12 bits per heavy atom. The number of carboxylic acids is 2. The molecule has 0 radical (unpaired) electrons. The van der Waals surface area contributed by atoms with Crippen LogP contribution in [0, 0.1) is 11.8 Å². The van der Waals surface area contributed by atoms with E-state index in [1.807, 2.05) is 0 Å². The predicted molar refractivity (Wildman–Crippen MR) is 103 cm³/mol. The van der Waals surface area contributed by atoms with Crippen molar-refractivity contribution in [1.82, 2.24) is 10.6 Å². The van der Waals surface area contributed by atoms with Crippen molar-refractivity contribution >= 4 is 11.9 Å². The van der Waals surface area contributed by atoms with Crippen molar-refractivity contribution < 1.29 is 19.8 Å². The van der Waals surface area contributed by atoms with Gasteiger partial charge in [-0.05, 0) is 51.4 Å². The van der Waals surface area contributed by atoms with E-state index >= 15 is 0 Å². The minimum atomic E-state index is -0.622. The Labute approximate surface area is 158 Å². The number of rotatable bonds is 6. The summed E-state index contributed by atoms with van der Waals surface area (Å²) in [5, 5.41) is 24.5. The zero-order valence-corrected chi connectivity index (χ0v) is 16.8. The molecule has 0 aromatic carbocycles. The van der Waals surface area contributed by atoms with Crippen LogP contribution in [0.2, 0.25) is 0 Å². The highest BCUT2D eigenvalue weighted by atomic mass is 16.4. The zero-order valence-electron chi connectivity index (χ0n) is 16.8. The van der Waals surface area contributed by atoms with Crippen LogP contribution in [0.1, 0.15) is 79.1 Å². The van der Waals surface area contributed by atoms with Crippen molar-refractivity contribution in [2.75, 3.05) is 0 Å². The Morgan fingerprint density at radius 2 is 0.923 bits per heavy atom. The SMILES string of the molecule is CC(C)NC1CCC(C(=O)O)CC1.CC(C)NC1CCC(C(=O)O)CC1. The second-order valence-electron chi connectivity index (χ2n) is 8.42. The van der Waals surface area contributed by atoms with E-state index in [1.54, 1.807) is 0 Å². The molecule has 0 aromatic heterocycles. The molecule has 0 spiro atoms. The fourth-order valence-electron chi connectivity index (χ4n) is 3.96. The molecule has 2 saturated carbocycles. The van der Waals surface area contributed by atoms with Crippen LogP contribution < -0.4 is 10.6 Å². The maximum absolute atomic E-state index is 10.7. The van der Waals surface area contributed by atoms with Gasteiger partial charge in [-0.1, -0.05) is 27.7 Å². The highest BCUT2D eigenvalue weighted by molar-refractivity contribution is 5.70. The third-order valence-corrected chi connectivity index (χ3v) is 5.29. The number of nitrogens with one attached hydrogen (secondary N) is 2. The summed E-state index contributed by atoms with van der Waals surface area (Å²) in [5.41, 5.74) is 0. The highest BCUT2D eigenvalue weighted by Crippen LogP contribution is 2.25. The molecule has 0 saturated heterocycles. The molecule has 26 heavy (non-hydrogen) atoms. The van der Waals surface area contributed by atoms with Crippen LogP contribution in [0.3, 0.4) is 0 Å². The third kappa shape index (κ3) is 8.99. The van der Waals surface area contributed by atoms with Crippen LogP contribution in [0.25, 0.3) is 0 Å². The lowest BCUT2D eigenvalue weighted by molar-refractivity contribution is -0.143. The van der Waals surface area contributed by atoms with E-state index in [-0.39, 0.29) is 11.8 Å². The van der Waals surface area contributed by atoms with E-state index in [9.17, 15) is 9.59 Å². The van der Waals surface area contributed by atoms with E-state index in [4.69, 9.17) is 10.2 Å². The average Bonchev–Trinajstić information content (AvgIpc) is 2.55. The van der Waals surface area contributed by atoms with Crippen LogP contribution in [0.5, 0.6) is 0 Å². The van der Waals surface area contributed by atoms with Gasteiger partial charge in [-0.25, -0.2) is 0 Å². The summed E-state index contributed by atoms with van der Waals surface area (Å²) in [5.74, 6) is -1.43. The molecular formula is C20H38N2O4. The van der Waals surface area contributed by atoms with Crippen LogP contribution in [-0.4, -0.2) is 46.3 Å². The van der Waals surface area contributed by atoms with Gasteiger partial charge in [0.25, 0.3) is 0 Å². The summed E-state index contributed by atoms with van der Waals surface area (Å²) in [6.45, 7) is 8.51. The van der Waals surface area contributed by atoms with Gasteiger partial charge in [0, 0.05) is 24.2 Å². The lowest BCUT2D eigenvalue weighted by atomic mass is 9.86. The van der Waals surface area contributed by atoms with Crippen LogP contribution in [0.15, 0.2) is 0 Å². The molecule has 2 fully saturated rings. The summed E-state index contributed by atoms with van der Waals surface area (Å²) < 4.78 is 0. The molecule has 0 unspecified atom stereocenters. The Kier molecular flexibility index (Phi) is 10.2. The molecule has 6 nitrogen and oxygen atoms in total. The molecule has 0 atom stereocenters. The third-order valence-electron chi connectivity index (χ3n) is 5.29. The minimum absolute atomic E-state index is 0.0924. The molecule has 152 valence electrons.